The van der Waals surface area contributed by atoms with Crippen LogP contribution in [0.25, 0.3) is 0 Å². The van der Waals surface area contributed by atoms with Crippen LogP contribution in [0.5, 0.6) is 0 Å². The number of nitrogens with one attached hydrogen (secondary N) is 1. The Morgan fingerprint density at radius 1 is 1.41 bits per heavy atom. The van der Waals surface area contributed by atoms with Crippen molar-refractivity contribution in [3.05, 3.63) is 24.3 Å². The van der Waals surface area contributed by atoms with Gasteiger partial charge in [-0.15, -0.1) is 0 Å². The van der Waals surface area contributed by atoms with Gasteiger partial charge in [0, 0.05) is 30.5 Å². The molecular weight excluding hydrogens is 217 g/mol. The first-order chi connectivity index (χ1) is 7.97. The van der Waals surface area contributed by atoms with Crippen molar-refractivity contribution in [3.63, 3.8) is 0 Å². The molecule has 96 valence electrons. The van der Waals surface area contributed by atoms with E-state index in [9.17, 15) is 4.39 Å². The second-order valence-electron chi connectivity index (χ2n) is 5.10. The van der Waals surface area contributed by atoms with Crippen LogP contribution in [0.1, 0.15) is 20.3 Å². The van der Waals surface area contributed by atoms with E-state index in [2.05, 4.69) is 29.0 Å². The summed E-state index contributed by atoms with van der Waals surface area (Å²) < 4.78 is 13.0. The van der Waals surface area contributed by atoms with E-state index < -0.39 is 5.95 Å². The Balaban J connectivity index is 2.64. The van der Waals surface area contributed by atoms with Crippen molar-refractivity contribution in [2.24, 2.45) is 5.92 Å². The predicted molar refractivity (Wildman–Crippen MR) is 69.6 cm³/mol. The second kappa shape index (κ2) is 6.55. The van der Waals surface area contributed by atoms with Gasteiger partial charge < -0.3 is 10.2 Å². The van der Waals surface area contributed by atoms with Crippen molar-refractivity contribution in [1.29, 1.82) is 0 Å². The first-order valence-electron chi connectivity index (χ1n) is 6.00. The van der Waals surface area contributed by atoms with Crippen LogP contribution in [0.2, 0.25) is 0 Å². The van der Waals surface area contributed by atoms with Gasteiger partial charge in [0.15, 0.2) is 0 Å². The van der Waals surface area contributed by atoms with Gasteiger partial charge in [-0.2, -0.15) is 4.39 Å². The highest BCUT2D eigenvalue weighted by Gasteiger charge is 2.12. The highest BCUT2D eigenvalue weighted by molar-refractivity contribution is 5.42. The number of hydrogen-bond acceptors (Lipinski definition) is 3. The van der Waals surface area contributed by atoms with E-state index in [1.807, 2.05) is 14.1 Å². The first kappa shape index (κ1) is 13.9. The summed E-state index contributed by atoms with van der Waals surface area (Å²) in [5.74, 6) is 0.169. The molecule has 1 unspecified atom stereocenters. The third-order valence-electron chi connectivity index (χ3n) is 2.44. The van der Waals surface area contributed by atoms with Gasteiger partial charge in [-0.1, -0.05) is 13.8 Å². The maximum Gasteiger partial charge on any atom is 0.214 e. The van der Waals surface area contributed by atoms with Gasteiger partial charge >= 0.3 is 0 Å². The fourth-order valence-corrected chi connectivity index (χ4v) is 1.92. The molecule has 1 heterocycles. The maximum absolute atomic E-state index is 13.0. The molecule has 0 radical (unpaired) electrons. The molecule has 1 aromatic heterocycles. The minimum Gasteiger partial charge on any atom is -0.381 e. The molecule has 1 rings (SSSR count). The molecular formula is C13H22FN3. The summed E-state index contributed by atoms with van der Waals surface area (Å²) in [4.78, 5) is 5.69. The minimum atomic E-state index is -0.442. The van der Waals surface area contributed by atoms with Crippen LogP contribution in [0, 0.1) is 11.9 Å². The van der Waals surface area contributed by atoms with Gasteiger partial charge in [0.25, 0.3) is 0 Å². The Labute approximate surface area is 103 Å². The molecule has 3 nitrogen and oxygen atoms in total. The fourth-order valence-electron chi connectivity index (χ4n) is 1.92. The third kappa shape index (κ3) is 5.63. The Kier molecular flexibility index (Phi) is 5.35. The molecule has 0 aliphatic heterocycles. The average Bonchev–Trinajstić information content (AvgIpc) is 2.14. The molecule has 4 heteroatoms. The monoisotopic (exact) mass is 239 g/mol. The zero-order chi connectivity index (χ0) is 12.8. The standard InChI is InChI=1S/C13H22FN3/c1-10(2)7-12(9-17(3)4)16-11-5-6-15-13(14)8-11/h5-6,8,10,12H,7,9H2,1-4H3,(H,15,16). The van der Waals surface area contributed by atoms with E-state index in [-0.39, 0.29) is 0 Å². The van der Waals surface area contributed by atoms with Gasteiger partial charge in [-0.3, -0.25) is 0 Å². The highest BCUT2D eigenvalue weighted by Crippen LogP contribution is 2.13. The van der Waals surface area contributed by atoms with E-state index in [0.717, 1.165) is 18.7 Å². The molecule has 1 atom stereocenters. The molecule has 1 aromatic rings. The Hall–Kier alpha value is -1.16. The number of pyridine rings is 1. The second-order valence-corrected chi connectivity index (χ2v) is 5.10. The van der Waals surface area contributed by atoms with Gasteiger partial charge in [0.1, 0.15) is 0 Å². The third-order valence-corrected chi connectivity index (χ3v) is 2.44. The van der Waals surface area contributed by atoms with Crippen molar-refractivity contribution in [1.82, 2.24) is 9.88 Å². The highest BCUT2D eigenvalue weighted by atomic mass is 19.1. The van der Waals surface area contributed by atoms with E-state index in [1.165, 1.54) is 12.3 Å². The summed E-state index contributed by atoms with van der Waals surface area (Å²) in [5.41, 5.74) is 0.796. The van der Waals surface area contributed by atoms with Crippen LogP contribution in [0.15, 0.2) is 18.3 Å². The lowest BCUT2D eigenvalue weighted by Gasteiger charge is -2.24. The maximum atomic E-state index is 13.0. The van der Waals surface area contributed by atoms with Crippen LogP contribution >= 0.6 is 0 Å². The number of anilines is 1. The fraction of sp³-hybridized carbons (Fsp3) is 0.615. The quantitative estimate of drug-likeness (QED) is 0.773. The molecule has 0 aromatic carbocycles. The van der Waals surface area contributed by atoms with Crippen molar-refractivity contribution in [2.45, 2.75) is 26.3 Å². The first-order valence-corrected chi connectivity index (χ1v) is 6.00. The zero-order valence-electron chi connectivity index (χ0n) is 11.1. The average molecular weight is 239 g/mol. The summed E-state index contributed by atoms with van der Waals surface area (Å²) in [6, 6.07) is 3.56. The summed E-state index contributed by atoms with van der Waals surface area (Å²) >= 11 is 0. The van der Waals surface area contributed by atoms with Crippen molar-refractivity contribution >= 4 is 5.69 Å². The summed E-state index contributed by atoms with van der Waals surface area (Å²) in [5, 5.41) is 3.36. The van der Waals surface area contributed by atoms with E-state index in [4.69, 9.17) is 0 Å². The Morgan fingerprint density at radius 2 is 2.12 bits per heavy atom. The van der Waals surface area contributed by atoms with Crippen molar-refractivity contribution in [2.75, 3.05) is 26.0 Å². The van der Waals surface area contributed by atoms with Gasteiger partial charge in [0.2, 0.25) is 5.95 Å². The largest absolute Gasteiger partial charge is 0.381 e. The van der Waals surface area contributed by atoms with Gasteiger partial charge in [-0.05, 0) is 32.5 Å². The van der Waals surface area contributed by atoms with Crippen LogP contribution in [0.4, 0.5) is 10.1 Å². The lowest BCUT2D eigenvalue weighted by molar-refractivity contribution is 0.356. The molecule has 0 spiro atoms. The molecule has 0 fully saturated rings. The van der Waals surface area contributed by atoms with Gasteiger partial charge in [-0.25, -0.2) is 4.98 Å². The summed E-state index contributed by atoms with van der Waals surface area (Å²) in [6.45, 7) is 5.32. The minimum absolute atomic E-state index is 0.326. The Bertz CT molecular complexity index is 329. The van der Waals surface area contributed by atoms with E-state index in [1.54, 1.807) is 6.07 Å². The smallest absolute Gasteiger partial charge is 0.214 e. The number of aromatic nitrogens is 1. The topological polar surface area (TPSA) is 28.2 Å². The lowest BCUT2D eigenvalue weighted by atomic mass is 10.0. The number of likely N-dealkylation sites (N-methyl/N-ethyl adjacent to an activating group) is 1. The molecule has 0 saturated heterocycles. The van der Waals surface area contributed by atoms with Crippen molar-refractivity contribution < 1.29 is 4.39 Å². The molecule has 17 heavy (non-hydrogen) atoms. The normalized spacial score (nSPS) is 13.1. The summed E-state index contributed by atoms with van der Waals surface area (Å²) in [6.07, 6.45) is 2.54. The number of hydrogen-bond donors (Lipinski definition) is 1. The Morgan fingerprint density at radius 3 is 2.65 bits per heavy atom. The number of rotatable bonds is 6. The molecule has 0 aliphatic carbocycles. The van der Waals surface area contributed by atoms with E-state index >= 15 is 0 Å². The zero-order valence-corrected chi connectivity index (χ0v) is 11.1. The van der Waals surface area contributed by atoms with Crippen LogP contribution in [0.3, 0.4) is 0 Å². The number of nitrogens with zero attached hydrogens (tertiary/aromatic N) is 2. The van der Waals surface area contributed by atoms with Crippen LogP contribution in [-0.2, 0) is 0 Å². The summed E-state index contributed by atoms with van der Waals surface area (Å²) in [7, 11) is 4.09. The van der Waals surface area contributed by atoms with Crippen LogP contribution < -0.4 is 5.32 Å². The lowest BCUT2D eigenvalue weighted by Crippen LogP contribution is -2.33. The molecule has 0 bridgehead atoms. The van der Waals surface area contributed by atoms with Crippen LogP contribution in [-0.4, -0.2) is 36.6 Å². The van der Waals surface area contributed by atoms with Crippen molar-refractivity contribution in [3.8, 4) is 0 Å². The molecule has 0 saturated carbocycles. The predicted octanol–water partition coefficient (Wildman–Crippen LogP) is 2.61. The molecule has 0 aliphatic rings. The number of halogens is 1. The SMILES string of the molecule is CC(C)CC(CN(C)C)Nc1ccnc(F)c1. The molecule has 0 amide bonds. The van der Waals surface area contributed by atoms with E-state index in [0.29, 0.717) is 12.0 Å². The molecule has 1 N–H and O–H groups in total. The van der Waals surface area contributed by atoms with Gasteiger partial charge in [0.05, 0.1) is 0 Å².